The summed E-state index contributed by atoms with van der Waals surface area (Å²) in [5.74, 6) is -1.57. The monoisotopic (exact) mass is 320 g/mol. The molecule has 18 heavy (non-hydrogen) atoms. The number of carbonyl (C=O) groups is 1. The third-order valence-corrected chi connectivity index (χ3v) is 3.22. The average molecular weight is 321 g/mol. The topological polar surface area (TPSA) is 32.3 Å². The number of nitrogens with zero attached hydrogens (tertiary/aromatic N) is 1. The van der Waals surface area contributed by atoms with Crippen LogP contribution in [0.25, 0.3) is 0 Å². The highest BCUT2D eigenvalue weighted by Gasteiger charge is 2.14. The van der Waals surface area contributed by atoms with Crippen molar-refractivity contribution >= 4 is 27.5 Å². The first-order chi connectivity index (χ1) is 8.32. The van der Waals surface area contributed by atoms with Crippen molar-refractivity contribution in [2.75, 3.05) is 18.9 Å². The van der Waals surface area contributed by atoms with Crippen LogP contribution in [-0.2, 0) is 4.79 Å². The lowest BCUT2D eigenvalue weighted by Crippen LogP contribution is -2.37. The molecule has 0 heterocycles. The molecule has 0 fully saturated rings. The van der Waals surface area contributed by atoms with Gasteiger partial charge in [-0.15, -0.1) is 0 Å². The Morgan fingerprint density at radius 1 is 1.44 bits per heavy atom. The summed E-state index contributed by atoms with van der Waals surface area (Å²) in [7, 11) is 1.67. The third kappa shape index (κ3) is 3.66. The quantitative estimate of drug-likeness (QED) is 0.925. The Labute approximate surface area is 113 Å². The molecule has 0 radical (unpaired) electrons. The van der Waals surface area contributed by atoms with Crippen LogP contribution in [0.5, 0.6) is 0 Å². The van der Waals surface area contributed by atoms with Crippen LogP contribution in [0, 0.1) is 11.6 Å². The predicted octanol–water partition coefficient (Wildman–Crippen LogP) is 3.01. The molecule has 0 aliphatic rings. The Hall–Kier alpha value is -1.17. The molecule has 0 aliphatic heterocycles. The van der Waals surface area contributed by atoms with Crippen molar-refractivity contribution in [3.05, 3.63) is 28.2 Å². The van der Waals surface area contributed by atoms with Crippen LogP contribution in [-0.4, -0.2) is 30.4 Å². The van der Waals surface area contributed by atoms with Gasteiger partial charge in [0.15, 0.2) is 0 Å². The smallest absolute Gasteiger partial charge is 0.241 e. The summed E-state index contributed by atoms with van der Waals surface area (Å²) in [6.07, 6.45) is 0. The van der Waals surface area contributed by atoms with E-state index in [2.05, 4.69) is 21.2 Å². The van der Waals surface area contributed by atoms with Gasteiger partial charge in [-0.2, -0.15) is 0 Å². The van der Waals surface area contributed by atoms with Crippen LogP contribution in [0.3, 0.4) is 0 Å². The number of anilines is 1. The zero-order valence-corrected chi connectivity index (χ0v) is 12.0. The second kappa shape index (κ2) is 6.13. The van der Waals surface area contributed by atoms with Crippen molar-refractivity contribution < 1.29 is 13.6 Å². The Morgan fingerprint density at radius 3 is 2.56 bits per heavy atom. The summed E-state index contributed by atoms with van der Waals surface area (Å²) in [6.45, 7) is 3.72. The van der Waals surface area contributed by atoms with Gasteiger partial charge in [0.05, 0.1) is 12.2 Å². The van der Waals surface area contributed by atoms with Crippen molar-refractivity contribution in [3.8, 4) is 0 Å². The molecule has 0 unspecified atom stereocenters. The number of hydrogen-bond donors (Lipinski definition) is 1. The Kier molecular flexibility index (Phi) is 5.07. The zero-order valence-electron chi connectivity index (χ0n) is 10.4. The van der Waals surface area contributed by atoms with E-state index in [-0.39, 0.29) is 28.7 Å². The summed E-state index contributed by atoms with van der Waals surface area (Å²) in [5, 5.41) is 2.66. The van der Waals surface area contributed by atoms with Crippen LogP contribution in [0.1, 0.15) is 13.8 Å². The van der Waals surface area contributed by atoms with Crippen molar-refractivity contribution in [1.29, 1.82) is 0 Å². The van der Waals surface area contributed by atoms with E-state index in [4.69, 9.17) is 0 Å². The summed E-state index contributed by atoms with van der Waals surface area (Å²) >= 11 is 3.05. The molecule has 1 N–H and O–H groups in total. The van der Waals surface area contributed by atoms with E-state index in [9.17, 15) is 13.6 Å². The van der Waals surface area contributed by atoms with E-state index >= 15 is 0 Å². The van der Waals surface area contributed by atoms with Gasteiger partial charge in [0, 0.05) is 23.6 Å². The largest absolute Gasteiger partial charge is 0.373 e. The minimum absolute atomic E-state index is 0.0458. The molecule has 1 amide bonds. The summed E-state index contributed by atoms with van der Waals surface area (Å²) in [5.41, 5.74) is 0.0851. The van der Waals surface area contributed by atoms with Crippen molar-refractivity contribution in [2.24, 2.45) is 0 Å². The van der Waals surface area contributed by atoms with Gasteiger partial charge >= 0.3 is 0 Å². The molecular weight excluding hydrogens is 306 g/mol. The van der Waals surface area contributed by atoms with Gasteiger partial charge in [0.1, 0.15) is 11.6 Å². The number of rotatable bonds is 4. The second-order valence-corrected chi connectivity index (χ2v) is 5.05. The van der Waals surface area contributed by atoms with E-state index < -0.39 is 11.6 Å². The molecule has 1 aromatic carbocycles. The average Bonchev–Trinajstić information content (AvgIpc) is 2.25. The van der Waals surface area contributed by atoms with Crippen molar-refractivity contribution in [2.45, 2.75) is 19.9 Å². The SMILES string of the molecule is CC(C)N(C)C(=O)CNc1c(F)cc(F)cc1Br. The highest BCUT2D eigenvalue weighted by Crippen LogP contribution is 2.26. The van der Waals surface area contributed by atoms with Crippen molar-refractivity contribution in [1.82, 2.24) is 4.90 Å². The van der Waals surface area contributed by atoms with Gasteiger partial charge in [-0.3, -0.25) is 4.79 Å². The number of amides is 1. The number of benzene rings is 1. The maximum absolute atomic E-state index is 13.5. The van der Waals surface area contributed by atoms with Crippen LogP contribution in [0.2, 0.25) is 0 Å². The molecule has 6 heteroatoms. The minimum Gasteiger partial charge on any atom is -0.373 e. The number of likely N-dealkylation sites (N-methyl/N-ethyl adjacent to an activating group) is 1. The predicted molar refractivity (Wildman–Crippen MR) is 70.5 cm³/mol. The van der Waals surface area contributed by atoms with E-state index in [1.807, 2.05) is 13.8 Å². The maximum atomic E-state index is 13.5. The molecule has 0 aromatic heterocycles. The van der Waals surface area contributed by atoms with Gasteiger partial charge < -0.3 is 10.2 Å². The summed E-state index contributed by atoms with van der Waals surface area (Å²) in [4.78, 5) is 13.2. The lowest BCUT2D eigenvalue weighted by molar-refractivity contribution is -0.129. The van der Waals surface area contributed by atoms with Crippen LogP contribution in [0.4, 0.5) is 14.5 Å². The molecule has 1 rings (SSSR count). The number of halogens is 3. The Morgan fingerprint density at radius 2 is 2.06 bits per heavy atom. The van der Waals surface area contributed by atoms with E-state index in [0.29, 0.717) is 0 Å². The Bertz CT molecular complexity index is 429. The van der Waals surface area contributed by atoms with Crippen LogP contribution in [0.15, 0.2) is 16.6 Å². The minimum atomic E-state index is -0.734. The molecule has 0 spiro atoms. The van der Waals surface area contributed by atoms with E-state index in [0.717, 1.165) is 12.1 Å². The van der Waals surface area contributed by atoms with Crippen LogP contribution < -0.4 is 5.32 Å². The first-order valence-electron chi connectivity index (χ1n) is 5.47. The summed E-state index contributed by atoms with van der Waals surface area (Å²) in [6, 6.07) is 1.98. The molecule has 3 nitrogen and oxygen atoms in total. The molecule has 0 atom stereocenters. The third-order valence-electron chi connectivity index (χ3n) is 2.59. The van der Waals surface area contributed by atoms with Gasteiger partial charge in [0.25, 0.3) is 0 Å². The first kappa shape index (κ1) is 14.9. The van der Waals surface area contributed by atoms with Crippen molar-refractivity contribution in [3.63, 3.8) is 0 Å². The molecule has 100 valence electrons. The van der Waals surface area contributed by atoms with E-state index in [1.54, 1.807) is 11.9 Å². The standard InChI is InChI=1S/C12H15BrF2N2O/c1-7(2)17(3)11(18)6-16-12-9(13)4-8(14)5-10(12)15/h4-5,7,16H,6H2,1-3H3. The highest BCUT2D eigenvalue weighted by atomic mass is 79.9. The van der Waals surface area contributed by atoms with Gasteiger partial charge in [-0.25, -0.2) is 8.78 Å². The fourth-order valence-electron chi connectivity index (χ4n) is 1.29. The second-order valence-electron chi connectivity index (χ2n) is 4.20. The molecule has 0 bridgehead atoms. The molecule has 0 saturated carbocycles. The lowest BCUT2D eigenvalue weighted by atomic mass is 10.3. The van der Waals surface area contributed by atoms with Gasteiger partial charge in [-0.05, 0) is 35.8 Å². The van der Waals surface area contributed by atoms with Crippen LogP contribution >= 0.6 is 15.9 Å². The first-order valence-corrected chi connectivity index (χ1v) is 6.26. The van der Waals surface area contributed by atoms with Gasteiger partial charge in [0.2, 0.25) is 5.91 Å². The number of nitrogens with one attached hydrogen (secondary N) is 1. The molecular formula is C12H15BrF2N2O. The number of hydrogen-bond acceptors (Lipinski definition) is 2. The molecule has 0 aliphatic carbocycles. The highest BCUT2D eigenvalue weighted by molar-refractivity contribution is 9.10. The fourth-order valence-corrected chi connectivity index (χ4v) is 1.84. The normalized spacial score (nSPS) is 10.6. The molecule has 0 saturated heterocycles. The zero-order chi connectivity index (χ0) is 13.9. The molecule has 1 aromatic rings. The fraction of sp³-hybridized carbons (Fsp3) is 0.417. The number of carbonyl (C=O) groups excluding carboxylic acids is 1. The van der Waals surface area contributed by atoms with E-state index in [1.165, 1.54) is 0 Å². The van der Waals surface area contributed by atoms with Gasteiger partial charge in [-0.1, -0.05) is 0 Å². The lowest BCUT2D eigenvalue weighted by Gasteiger charge is -2.22. The maximum Gasteiger partial charge on any atom is 0.241 e. The summed E-state index contributed by atoms with van der Waals surface area (Å²) < 4.78 is 26.6. The Balaban J connectivity index is 2.73.